The van der Waals surface area contributed by atoms with E-state index in [4.69, 9.17) is 0 Å². The number of thiophene rings is 1. The number of fused-ring (bicyclic) bond motifs is 1. The highest BCUT2D eigenvalue weighted by atomic mass is 79.9. The summed E-state index contributed by atoms with van der Waals surface area (Å²) in [5, 5.41) is 11.2. The van der Waals surface area contributed by atoms with E-state index in [1.807, 2.05) is 12.1 Å². The van der Waals surface area contributed by atoms with Gasteiger partial charge in [0.1, 0.15) is 0 Å². The number of alkyl halides is 1. The molecule has 1 N–H and O–H groups in total. The Morgan fingerprint density at radius 3 is 2.79 bits per heavy atom. The molecule has 0 radical (unpaired) electrons. The maximum atomic E-state index is 9.24. The smallest absolute Gasteiger partial charge is 0.0751 e. The molecule has 0 saturated heterocycles. The molecule has 0 amide bonds. The number of benzene rings is 1. The van der Waals surface area contributed by atoms with Gasteiger partial charge in [0, 0.05) is 15.4 Å². The van der Waals surface area contributed by atoms with Crippen molar-refractivity contribution in [3.63, 3.8) is 0 Å². The zero-order chi connectivity index (χ0) is 10.1. The van der Waals surface area contributed by atoms with Crippen molar-refractivity contribution in [3.05, 3.63) is 33.1 Å². The van der Waals surface area contributed by atoms with Gasteiger partial charge in [-0.15, -0.1) is 11.3 Å². The molecule has 14 heavy (non-hydrogen) atoms. The van der Waals surface area contributed by atoms with Gasteiger partial charge in [-0.05, 0) is 33.1 Å². The van der Waals surface area contributed by atoms with Crippen LogP contribution in [0.25, 0.3) is 10.1 Å². The van der Waals surface area contributed by atoms with Gasteiger partial charge in [0.2, 0.25) is 0 Å². The molecule has 0 bridgehead atoms. The molecule has 4 heteroatoms. The van der Waals surface area contributed by atoms with Gasteiger partial charge in [-0.25, -0.2) is 0 Å². The zero-order valence-electron chi connectivity index (χ0n) is 7.26. The molecule has 1 aromatic carbocycles. The standard InChI is InChI=1S/C10H8Br2OS/c11-4-7-9-6(5-13)2-1-3-8(9)14-10(7)12/h1-3,13H,4-5H2. The van der Waals surface area contributed by atoms with Crippen molar-refractivity contribution in [2.45, 2.75) is 11.9 Å². The maximum Gasteiger partial charge on any atom is 0.0751 e. The maximum absolute atomic E-state index is 9.24. The molecule has 2 rings (SSSR count). The average Bonchev–Trinajstić information content (AvgIpc) is 2.52. The number of hydrogen-bond acceptors (Lipinski definition) is 2. The Bertz CT molecular complexity index is 464. The fourth-order valence-electron chi connectivity index (χ4n) is 1.51. The van der Waals surface area contributed by atoms with E-state index in [2.05, 4.69) is 37.9 Å². The predicted molar refractivity (Wildman–Crippen MR) is 68.1 cm³/mol. The summed E-state index contributed by atoms with van der Waals surface area (Å²) < 4.78 is 2.36. The van der Waals surface area contributed by atoms with Crippen LogP contribution in [0.2, 0.25) is 0 Å². The van der Waals surface area contributed by atoms with Gasteiger partial charge >= 0.3 is 0 Å². The van der Waals surface area contributed by atoms with Crippen molar-refractivity contribution in [2.75, 3.05) is 0 Å². The van der Waals surface area contributed by atoms with Crippen LogP contribution in [0.1, 0.15) is 11.1 Å². The highest BCUT2D eigenvalue weighted by molar-refractivity contribution is 9.11. The van der Waals surface area contributed by atoms with E-state index in [0.717, 1.165) is 14.7 Å². The summed E-state index contributed by atoms with van der Waals surface area (Å²) in [6.45, 7) is 0.0977. The van der Waals surface area contributed by atoms with E-state index in [0.29, 0.717) is 0 Å². The van der Waals surface area contributed by atoms with E-state index < -0.39 is 0 Å². The summed E-state index contributed by atoms with van der Waals surface area (Å²) in [5.74, 6) is 0. The van der Waals surface area contributed by atoms with Crippen LogP contribution in [-0.2, 0) is 11.9 Å². The molecular formula is C10H8Br2OS. The van der Waals surface area contributed by atoms with Crippen molar-refractivity contribution in [3.8, 4) is 0 Å². The molecule has 1 aromatic heterocycles. The molecule has 0 saturated carbocycles. The van der Waals surface area contributed by atoms with Crippen molar-refractivity contribution in [2.24, 2.45) is 0 Å². The van der Waals surface area contributed by atoms with Crippen LogP contribution >= 0.6 is 43.2 Å². The van der Waals surface area contributed by atoms with E-state index >= 15 is 0 Å². The molecule has 1 nitrogen and oxygen atoms in total. The van der Waals surface area contributed by atoms with Crippen molar-refractivity contribution in [1.82, 2.24) is 0 Å². The summed E-state index contributed by atoms with van der Waals surface area (Å²) >= 11 is 8.72. The molecule has 0 atom stereocenters. The Morgan fingerprint density at radius 2 is 2.14 bits per heavy atom. The van der Waals surface area contributed by atoms with Gasteiger partial charge in [-0.3, -0.25) is 0 Å². The summed E-state index contributed by atoms with van der Waals surface area (Å²) in [7, 11) is 0. The minimum absolute atomic E-state index is 0.0977. The van der Waals surface area contributed by atoms with Crippen LogP contribution in [0.15, 0.2) is 22.0 Å². The van der Waals surface area contributed by atoms with Gasteiger partial charge in [-0.2, -0.15) is 0 Å². The van der Waals surface area contributed by atoms with Gasteiger partial charge in [0.25, 0.3) is 0 Å². The summed E-state index contributed by atoms with van der Waals surface area (Å²) in [6, 6.07) is 6.03. The quantitative estimate of drug-likeness (QED) is 0.821. The Kier molecular flexibility index (Phi) is 3.27. The molecule has 0 aliphatic rings. The monoisotopic (exact) mass is 334 g/mol. The van der Waals surface area contributed by atoms with Crippen LogP contribution in [-0.4, -0.2) is 5.11 Å². The normalized spacial score (nSPS) is 11.1. The molecular weight excluding hydrogens is 328 g/mol. The third-order valence-electron chi connectivity index (χ3n) is 2.16. The van der Waals surface area contributed by atoms with Crippen LogP contribution in [0, 0.1) is 0 Å². The molecule has 0 spiro atoms. The molecule has 1 heterocycles. The predicted octanol–water partition coefficient (Wildman–Crippen LogP) is 4.05. The topological polar surface area (TPSA) is 20.2 Å². The minimum atomic E-state index is 0.0977. The van der Waals surface area contributed by atoms with Gasteiger partial charge in [0.15, 0.2) is 0 Å². The number of hydrogen-bond donors (Lipinski definition) is 1. The molecule has 0 aliphatic heterocycles. The third-order valence-corrected chi connectivity index (χ3v) is 4.67. The third kappa shape index (κ3) is 1.65. The van der Waals surface area contributed by atoms with E-state index in [9.17, 15) is 5.11 Å². The lowest BCUT2D eigenvalue weighted by atomic mass is 10.1. The van der Waals surface area contributed by atoms with Gasteiger partial charge in [-0.1, -0.05) is 28.1 Å². The van der Waals surface area contributed by atoms with E-state index in [1.165, 1.54) is 15.6 Å². The first-order chi connectivity index (χ1) is 6.77. The summed E-state index contributed by atoms with van der Waals surface area (Å²) in [6.07, 6.45) is 0. The Hall–Kier alpha value is 0.1000. The fourth-order valence-corrected chi connectivity index (χ4v) is 4.49. The van der Waals surface area contributed by atoms with E-state index in [-0.39, 0.29) is 6.61 Å². The first-order valence-electron chi connectivity index (χ1n) is 4.13. The second-order valence-corrected chi connectivity index (χ2v) is 5.87. The SMILES string of the molecule is OCc1cccc2sc(Br)c(CBr)c12. The first-order valence-corrected chi connectivity index (χ1v) is 6.86. The Labute approximate surface area is 103 Å². The van der Waals surface area contributed by atoms with Crippen LogP contribution in [0.4, 0.5) is 0 Å². The largest absolute Gasteiger partial charge is 0.392 e. The Morgan fingerprint density at radius 1 is 1.36 bits per heavy atom. The number of aliphatic hydroxyl groups is 1. The highest BCUT2D eigenvalue weighted by Gasteiger charge is 2.11. The van der Waals surface area contributed by atoms with Gasteiger partial charge < -0.3 is 5.11 Å². The highest BCUT2D eigenvalue weighted by Crippen LogP contribution is 2.38. The first kappa shape index (κ1) is 10.6. The number of rotatable bonds is 2. The molecule has 74 valence electrons. The zero-order valence-corrected chi connectivity index (χ0v) is 11.2. The van der Waals surface area contributed by atoms with Crippen LogP contribution in [0.5, 0.6) is 0 Å². The number of halogens is 2. The van der Waals surface area contributed by atoms with Crippen LogP contribution in [0.3, 0.4) is 0 Å². The van der Waals surface area contributed by atoms with Crippen molar-refractivity contribution in [1.29, 1.82) is 0 Å². The average molecular weight is 336 g/mol. The summed E-state index contributed by atoms with van der Waals surface area (Å²) in [4.78, 5) is 0. The second-order valence-electron chi connectivity index (χ2n) is 2.94. The molecule has 0 unspecified atom stereocenters. The van der Waals surface area contributed by atoms with E-state index in [1.54, 1.807) is 11.3 Å². The summed E-state index contributed by atoms with van der Waals surface area (Å²) in [5.41, 5.74) is 2.23. The van der Waals surface area contributed by atoms with Gasteiger partial charge in [0.05, 0.1) is 10.4 Å². The molecule has 0 fully saturated rings. The fraction of sp³-hybridized carbons (Fsp3) is 0.200. The molecule has 0 aliphatic carbocycles. The second kappa shape index (κ2) is 4.31. The lowest BCUT2D eigenvalue weighted by molar-refractivity contribution is 0.283. The Balaban J connectivity index is 2.82. The van der Waals surface area contributed by atoms with Crippen LogP contribution < -0.4 is 0 Å². The lowest BCUT2D eigenvalue weighted by Crippen LogP contribution is -1.85. The molecule has 2 aromatic rings. The lowest BCUT2D eigenvalue weighted by Gasteiger charge is -2.00. The van der Waals surface area contributed by atoms with Crippen molar-refractivity contribution < 1.29 is 5.11 Å². The van der Waals surface area contributed by atoms with Crippen molar-refractivity contribution >= 4 is 53.3 Å². The number of aliphatic hydroxyl groups excluding tert-OH is 1. The minimum Gasteiger partial charge on any atom is -0.392 e.